The van der Waals surface area contributed by atoms with Crippen LogP contribution in [0, 0.1) is 22.7 Å². The van der Waals surface area contributed by atoms with Gasteiger partial charge in [0.05, 0.1) is 5.60 Å². The molecule has 0 aromatic heterocycles. The van der Waals surface area contributed by atoms with Gasteiger partial charge in [0.2, 0.25) is 0 Å². The molecule has 2 aliphatic rings. The minimum atomic E-state index is -0.641. The normalized spacial score (nSPS) is 57.1. The molecule has 92 valence electrons. The molecule has 1 heteroatoms. The second-order valence-electron chi connectivity index (χ2n) is 6.69. The van der Waals surface area contributed by atoms with E-state index in [1.165, 1.54) is 12.8 Å². The maximum atomic E-state index is 10.6. The fourth-order valence-corrected chi connectivity index (χ4v) is 4.43. The van der Waals surface area contributed by atoms with Gasteiger partial charge in [-0.15, -0.1) is 6.58 Å². The van der Waals surface area contributed by atoms with E-state index in [1.54, 1.807) is 6.08 Å². The van der Waals surface area contributed by atoms with Crippen LogP contribution in [0.4, 0.5) is 0 Å². The van der Waals surface area contributed by atoms with Crippen LogP contribution in [0.25, 0.3) is 0 Å². The summed E-state index contributed by atoms with van der Waals surface area (Å²) >= 11 is 0. The molecule has 0 saturated heterocycles. The van der Waals surface area contributed by atoms with Gasteiger partial charge in [0, 0.05) is 0 Å². The topological polar surface area (TPSA) is 20.2 Å². The predicted molar refractivity (Wildman–Crippen MR) is 68.2 cm³/mol. The molecule has 0 amide bonds. The largest absolute Gasteiger partial charge is 0.386 e. The van der Waals surface area contributed by atoms with Crippen molar-refractivity contribution in [1.82, 2.24) is 0 Å². The Morgan fingerprint density at radius 3 is 2.31 bits per heavy atom. The molecule has 2 aliphatic carbocycles. The summed E-state index contributed by atoms with van der Waals surface area (Å²) in [7, 11) is 0. The Bertz CT molecular complexity index is 311. The highest BCUT2D eigenvalue weighted by atomic mass is 16.3. The van der Waals surface area contributed by atoms with Crippen LogP contribution in [0.3, 0.4) is 0 Å². The molecular formula is C15H26O. The fourth-order valence-electron chi connectivity index (χ4n) is 4.43. The van der Waals surface area contributed by atoms with Gasteiger partial charge in [-0.25, -0.2) is 0 Å². The smallest absolute Gasteiger partial charge is 0.0856 e. The first-order valence-corrected chi connectivity index (χ1v) is 6.66. The van der Waals surface area contributed by atoms with Gasteiger partial charge in [0.25, 0.3) is 0 Å². The Morgan fingerprint density at radius 2 is 1.75 bits per heavy atom. The van der Waals surface area contributed by atoms with E-state index in [0.29, 0.717) is 11.3 Å². The van der Waals surface area contributed by atoms with Gasteiger partial charge in [-0.3, -0.25) is 0 Å². The summed E-state index contributed by atoms with van der Waals surface area (Å²) in [5.74, 6) is 1.11. The third-order valence-electron chi connectivity index (χ3n) is 6.59. The van der Waals surface area contributed by atoms with E-state index in [1.807, 2.05) is 0 Å². The average Bonchev–Trinajstić information content (AvgIpc) is 2.51. The highest BCUT2D eigenvalue weighted by molar-refractivity contribution is 5.16. The molecule has 0 aliphatic heterocycles. The number of fused-ring (bicyclic) bond motifs is 1. The van der Waals surface area contributed by atoms with Gasteiger partial charge in [-0.2, -0.15) is 0 Å². The molecule has 16 heavy (non-hydrogen) atoms. The maximum absolute atomic E-state index is 10.6. The highest BCUT2D eigenvalue weighted by Gasteiger charge is 2.61. The summed E-state index contributed by atoms with van der Waals surface area (Å²) in [6.07, 6.45) is 6.36. The first kappa shape index (κ1) is 12.2. The fraction of sp³-hybridized carbons (Fsp3) is 0.867. The van der Waals surface area contributed by atoms with E-state index in [-0.39, 0.29) is 5.41 Å². The quantitative estimate of drug-likeness (QED) is 0.669. The second-order valence-corrected chi connectivity index (χ2v) is 6.69. The van der Waals surface area contributed by atoms with Crippen LogP contribution in [0.15, 0.2) is 12.7 Å². The van der Waals surface area contributed by atoms with Gasteiger partial charge < -0.3 is 5.11 Å². The zero-order valence-electron chi connectivity index (χ0n) is 11.2. The molecule has 0 aromatic rings. The molecule has 0 aromatic carbocycles. The van der Waals surface area contributed by atoms with Crippen molar-refractivity contribution in [2.75, 3.05) is 0 Å². The molecule has 5 atom stereocenters. The van der Waals surface area contributed by atoms with Crippen LogP contribution in [0.1, 0.15) is 53.4 Å². The third kappa shape index (κ3) is 1.21. The van der Waals surface area contributed by atoms with Gasteiger partial charge in [-0.1, -0.05) is 33.8 Å². The first-order valence-electron chi connectivity index (χ1n) is 6.66. The van der Waals surface area contributed by atoms with E-state index in [4.69, 9.17) is 0 Å². The summed E-state index contributed by atoms with van der Waals surface area (Å²) in [4.78, 5) is 0. The summed E-state index contributed by atoms with van der Waals surface area (Å²) < 4.78 is 0. The molecule has 1 N–H and O–H groups in total. The van der Waals surface area contributed by atoms with E-state index >= 15 is 0 Å². The molecule has 0 spiro atoms. The van der Waals surface area contributed by atoms with E-state index in [9.17, 15) is 5.11 Å². The van der Waals surface area contributed by atoms with Crippen molar-refractivity contribution >= 4 is 0 Å². The van der Waals surface area contributed by atoms with E-state index in [0.717, 1.165) is 18.8 Å². The van der Waals surface area contributed by atoms with Crippen molar-refractivity contribution in [1.29, 1.82) is 0 Å². The number of hydrogen-bond donors (Lipinski definition) is 1. The lowest BCUT2D eigenvalue weighted by molar-refractivity contribution is -0.130. The van der Waals surface area contributed by atoms with E-state index < -0.39 is 5.60 Å². The Labute approximate surface area is 99.9 Å². The molecule has 0 unspecified atom stereocenters. The SMILES string of the molecule is C=C[C@]1(O)CC[C@]2(C)[C@@H](C)CC[C@]2(C)[C@H]1C. The molecular weight excluding hydrogens is 196 g/mol. The zero-order chi connectivity index (χ0) is 12.2. The molecule has 1 nitrogen and oxygen atoms in total. The average molecular weight is 222 g/mol. The van der Waals surface area contributed by atoms with E-state index in [2.05, 4.69) is 34.3 Å². The highest BCUT2D eigenvalue weighted by Crippen LogP contribution is 2.67. The van der Waals surface area contributed by atoms with Gasteiger partial charge in [0.1, 0.15) is 0 Å². The van der Waals surface area contributed by atoms with Crippen LogP contribution >= 0.6 is 0 Å². The van der Waals surface area contributed by atoms with Crippen molar-refractivity contribution in [2.24, 2.45) is 22.7 Å². The van der Waals surface area contributed by atoms with Gasteiger partial charge in [-0.05, 0) is 48.3 Å². The van der Waals surface area contributed by atoms with Crippen molar-refractivity contribution in [3.05, 3.63) is 12.7 Å². The molecule has 2 rings (SSSR count). The first-order chi connectivity index (χ1) is 7.30. The maximum Gasteiger partial charge on any atom is 0.0856 e. The minimum Gasteiger partial charge on any atom is -0.386 e. The van der Waals surface area contributed by atoms with Crippen LogP contribution in [-0.4, -0.2) is 10.7 Å². The third-order valence-corrected chi connectivity index (χ3v) is 6.59. The number of rotatable bonds is 1. The van der Waals surface area contributed by atoms with Crippen LogP contribution < -0.4 is 0 Å². The summed E-state index contributed by atoms with van der Waals surface area (Å²) in [6, 6.07) is 0. The lowest BCUT2D eigenvalue weighted by Crippen LogP contribution is -2.55. The molecule has 2 fully saturated rings. The predicted octanol–water partition coefficient (Wildman–Crippen LogP) is 3.78. The number of aliphatic hydroxyl groups is 1. The second kappa shape index (κ2) is 3.35. The van der Waals surface area contributed by atoms with Crippen LogP contribution in [0.2, 0.25) is 0 Å². The van der Waals surface area contributed by atoms with Gasteiger partial charge >= 0.3 is 0 Å². The lowest BCUT2D eigenvalue weighted by atomic mass is 9.49. The Kier molecular flexibility index (Phi) is 2.55. The zero-order valence-corrected chi connectivity index (χ0v) is 11.2. The standard InChI is InChI=1S/C15H26O/c1-6-15(16)10-9-13(4)11(2)7-8-14(13,5)12(15)3/h6,11-12,16H,1,7-10H2,2-5H3/t11-,12+,13+,14+,15-/m0/s1. The monoisotopic (exact) mass is 222 g/mol. The minimum absolute atomic E-state index is 0.271. The molecule has 0 radical (unpaired) electrons. The van der Waals surface area contributed by atoms with Crippen molar-refractivity contribution in [3.8, 4) is 0 Å². The molecule has 0 bridgehead atoms. The summed E-state index contributed by atoms with van der Waals surface area (Å²) in [6.45, 7) is 13.3. The van der Waals surface area contributed by atoms with Gasteiger partial charge in [0.15, 0.2) is 0 Å². The van der Waals surface area contributed by atoms with Crippen LogP contribution in [0.5, 0.6) is 0 Å². The van der Waals surface area contributed by atoms with Crippen molar-refractivity contribution in [3.63, 3.8) is 0 Å². The lowest BCUT2D eigenvalue weighted by Gasteiger charge is -2.57. The molecule has 0 heterocycles. The number of hydrogen-bond acceptors (Lipinski definition) is 1. The molecule has 2 saturated carbocycles. The van der Waals surface area contributed by atoms with Crippen molar-refractivity contribution < 1.29 is 5.11 Å². The van der Waals surface area contributed by atoms with Crippen LogP contribution in [-0.2, 0) is 0 Å². The Morgan fingerprint density at radius 1 is 1.12 bits per heavy atom. The summed E-state index contributed by atoms with van der Waals surface area (Å²) in [5.41, 5.74) is 0.0353. The summed E-state index contributed by atoms with van der Waals surface area (Å²) in [5, 5.41) is 10.6. The van der Waals surface area contributed by atoms with Crippen molar-refractivity contribution in [2.45, 2.75) is 59.0 Å². The Balaban J connectivity index is 2.42. The Hall–Kier alpha value is -0.300.